The number of likely N-dealkylation sites (N-methyl/N-ethyl adjacent to an activating group) is 1. The minimum absolute atomic E-state index is 0.123. The fourth-order valence-corrected chi connectivity index (χ4v) is 2.25. The van der Waals surface area contributed by atoms with Gasteiger partial charge in [-0.05, 0) is 12.6 Å². The van der Waals surface area contributed by atoms with Crippen LogP contribution in [0.5, 0.6) is 0 Å². The molecule has 1 aromatic rings. The van der Waals surface area contributed by atoms with Crippen LogP contribution in [0, 0.1) is 15.9 Å². The lowest BCUT2D eigenvalue weighted by atomic mass is 10.2. The lowest BCUT2D eigenvalue weighted by Gasteiger charge is -2.35. The maximum absolute atomic E-state index is 13.8. The van der Waals surface area contributed by atoms with E-state index in [0.717, 1.165) is 19.6 Å². The number of hydrogen-bond donors (Lipinski definition) is 0. The van der Waals surface area contributed by atoms with E-state index < -0.39 is 10.7 Å². The standard InChI is InChI=1S/C12H16FN3O2/c1-2-14-6-8-15(9-7-14)12-10(13)4-3-5-11(12)16(17)18/h3-5H,2,6-9H2,1H3. The SMILES string of the molecule is CCN1CCN(c2c(F)cccc2[N+](=O)[O-])CC1. The second-order valence-electron chi connectivity index (χ2n) is 4.29. The van der Waals surface area contributed by atoms with Crippen molar-refractivity contribution in [3.8, 4) is 0 Å². The van der Waals surface area contributed by atoms with Gasteiger partial charge in [-0.1, -0.05) is 13.0 Å². The number of rotatable bonds is 3. The summed E-state index contributed by atoms with van der Waals surface area (Å²) in [7, 11) is 0. The van der Waals surface area contributed by atoms with Crippen LogP contribution in [-0.4, -0.2) is 42.5 Å². The molecule has 0 aliphatic carbocycles. The van der Waals surface area contributed by atoms with E-state index in [1.54, 1.807) is 4.90 Å². The second kappa shape index (κ2) is 5.30. The molecule has 1 aromatic carbocycles. The summed E-state index contributed by atoms with van der Waals surface area (Å²) in [6.07, 6.45) is 0. The Bertz CT molecular complexity index is 445. The van der Waals surface area contributed by atoms with Crippen LogP contribution in [0.25, 0.3) is 0 Å². The summed E-state index contributed by atoms with van der Waals surface area (Å²) in [6, 6.07) is 4.00. The Hall–Kier alpha value is -1.69. The van der Waals surface area contributed by atoms with Crippen LogP contribution in [0.4, 0.5) is 15.8 Å². The highest BCUT2D eigenvalue weighted by atomic mass is 19.1. The van der Waals surface area contributed by atoms with Gasteiger partial charge < -0.3 is 9.80 Å². The van der Waals surface area contributed by atoms with E-state index in [1.807, 2.05) is 0 Å². The first kappa shape index (κ1) is 12.8. The summed E-state index contributed by atoms with van der Waals surface area (Å²) in [4.78, 5) is 14.4. The Morgan fingerprint density at radius 2 is 2.00 bits per heavy atom. The molecule has 0 atom stereocenters. The Balaban J connectivity index is 2.26. The Kier molecular flexibility index (Phi) is 3.76. The first-order chi connectivity index (χ1) is 8.63. The fraction of sp³-hybridized carbons (Fsp3) is 0.500. The van der Waals surface area contributed by atoms with Crippen LogP contribution in [0.2, 0.25) is 0 Å². The summed E-state index contributed by atoms with van der Waals surface area (Å²) in [5.41, 5.74) is -0.0294. The zero-order chi connectivity index (χ0) is 13.1. The van der Waals surface area contributed by atoms with Crippen LogP contribution in [0.15, 0.2) is 18.2 Å². The Morgan fingerprint density at radius 3 is 2.56 bits per heavy atom. The molecule has 0 saturated carbocycles. The molecule has 1 saturated heterocycles. The zero-order valence-corrected chi connectivity index (χ0v) is 10.3. The maximum atomic E-state index is 13.8. The molecule has 0 amide bonds. The molecule has 1 aliphatic rings. The molecule has 18 heavy (non-hydrogen) atoms. The van der Waals surface area contributed by atoms with E-state index in [9.17, 15) is 14.5 Å². The average Bonchev–Trinajstić information content (AvgIpc) is 2.38. The van der Waals surface area contributed by atoms with Crippen LogP contribution < -0.4 is 4.90 Å². The number of piperazine rings is 1. The Labute approximate surface area is 105 Å². The number of hydrogen-bond acceptors (Lipinski definition) is 4. The summed E-state index contributed by atoms with van der Waals surface area (Å²) in [5.74, 6) is -0.519. The molecule has 1 heterocycles. The molecule has 1 aliphatic heterocycles. The molecule has 0 radical (unpaired) electrons. The largest absolute Gasteiger partial charge is 0.361 e. The van der Waals surface area contributed by atoms with Crippen molar-refractivity contribution in [2.24, 2.45) is 0 Å². The zero-order valence-electron chi connectivity index (χ0n) is 10.3. The van der Waals surface area contributed by atoms with Gasteiger partial charge in [0, 0.05) is 32.2 Å². The lowest BCUT2D eigenvalue weighted by Crippen LogP contribution is -2.46. The third-order valence-electron chi connectivity index (χ3n) is 3.30. The van der Waals surface area contributed by atoms with Crippen LogP contribution in [0.3, 0.4) is 0 Å². The number of benzene rings is 1. The number of nitrogens with zero attached hydrogens (tertiary/aromatic N) is 3. The molecule has 6 heteroatoms. The molecule has 0 bridgehead atoms. The number of halogens is 1. The van der Waals surface area contributed by atoms with E-state index >= 15 is 0 Å². The Morgan fingerprint density at radius 1 is 1.33 bits per heavy atom. The molecule has 0 unspecified atom stereocenters. The molecule has 2 rings (SSSR count). The minimum Gasteiger partial charge on any atom is -0.361 e. The van der Waals surface area contributed by atoms with Crippen LogP contribution in [0.1, 0.15) is 6.92 Å². The quantitative estimate of drug-likeness (QED) is 0.609. The molecule has 1 fully saturated rings. The molecule has 0 aromatic heterocycles. The van der Waals surface area contributed by atoms with Crippen LogP contribution in [-0.2, 0) is 0 Å². The van der Waals surface area contributed by atoms with Crippen molar-refractivity contribution in [2.75, 3.05) is 37.6 Å². The van der Waals surface area contributed by atoms with Crippen molar-refractivity contribution in [3.05, 3.63) is 34.1 Å². The highest BCUT2D eigenvalue weighted by Gasteiger charge is 2.26. The smallest absolute Gasteiger partial charge is 0.295 e. The first-order valence-electron chi connectivity index (χ1n) is 6.03. The molecule has 98 valence electrons. The number of nitro benzene ring substituents is 1. The summed E-state index contributed by atoms with van der Waals surface area (Å²) in [6.45, 7) is 5.88. The predicted octanol–water partition coefficient (Wildman–Crippen LogP) is 1.88. The van der Waals surface area contributed by atoms with E-state index in [0.29, 0.717) is 13.1 Å². The predicted molar refractivity (Wildman–Crippen MR) is 67.4 cm³/mol. The van der Waals surface area contributed by atoms with Gasteiger partial charge in [-0.25, -0.2) is 4.39 Å². The lowest BCUT2D eigenvalue weighted by molar-refractivity contribution is -0.384. The van der Waals surface area contributed by atoms with Gasteiger partial charge in [0.05, 0.1) is 4.92 Å². The molecular formula is C12H16FN3O2. The molecule has 0 spiro atoms. The highest BCUT2D eigenvalue weighted by molar-refractivity contribution is 5.64. The van der Waals surface area contributed by atoms with E-state index in [2.05, 4.69) is 11.8 Å². The van der Waals surface area contributed by atoms with Crippen molar-refractivity contribution < 1.29 is 9.31 Å². The van der Waals surface area contributed by atoms with Gasteiger partial charge in [0.2, 0.25) is 0 Å². The van der Waals surface area contributed by atoms with E-state index in [1.165, 1.54) is 18.2 Å². The average molecular weight is 253 g/mol. The van der Waals surface area contributed by atoms with Gasteiger partial charge in [0.15, 0.2) is 11.5 Å². The summed E-state index contributed by atoms with van der Waals surface area (Å²) in [5, 5.41) is 10.9. The first-order valence-corrected chi connectivity index (χ1v) is 6.03. The van der Waals surface area contributed by atoms with Crippen molar-refractivity contribution in [1.82, 2.24) is 4.90 Å². The van der Waals surface area contributed by atoms with Crippen molar-refractivity contribution >= 4 is 11.4 Å². The molecular weight excluding hydrogens is 237 g/mol. The van der Waals surface area contributed by atoms with Gasteiger partial charge in [-0.15, -0.1) is 0 Å². The summed E-state index contributed by atoms with van der Waals surface area (Å²) >= 11 is 0. The van der Waals surface area contributed by atoms with Crippen LogP contribution >= 0.6 is 0 Å². The number of para-hydroxylation sites is 1. The third kappa shape index (κ3) is 2.43. The topological polar surface area (TPSA) is 49.6 Å². The van der Waals surface area contributed by atoms with Crippen molar-refractivity contribution in [2.45, 2.75) is 6.92 Å². The number of nitro groups is 1. The molecule has 5 nitrogen and oxygen atoms in total. The normalized spacial score (nSPS) is 16.9. The van der Waals surface area contributed by atoms with Gasteiger partial charge in [-0.3, -0.25) is 10.1 Å². The minimum atomic E-state index is -0.523. The van der Waals surface area contributed by atoms with Crippen molar-refractivity contribution in [1.29, 1.82) is 0 Å². The highest BCUT2D eigenvalue weighted by Crippen LogP contribution is 2.31. The number of anilines is 1. The van der Waals surface area contributed by atoms with Gasteiger partial charge in [-0.2, -0.15) is 0 Å². The van der Waals surface area contributed by atoms with E-state index in [-0.39, 0.29) is 11.4 Å². The maximum Gasteiger partial charge on any atom is 0.295 e. The van der Waals surface area contributed by atoms with E-state index in [4.69, 9.17) is 0 Å². The second-order valence-corrected chi connectivity index (χ2v) is 4.29. The van der Waals surface area contributed by atoms with Gasteiger partial charge >= 0.3 is 0 Å². The fourth-order valence-electron chi connectivity index (χ4n) is 2.25. The van der Waals surface area contributed by atoms with Crippen molar-refractivity contribution in [3.63, 3.8) is 0 Å². The monoisotopic (exact) mass is 253 g/mol. The third-order valence-corrected chi connectivity index (χ3v) is 3.30. The molecule has 0 N–H and O–H groups in total. The summed E-state index contributed by atoms with van der Waals surface area (Å²) < 4.78 is 13.8. The van der Waals surface area contributed by atoms with Gasteiger partial charge in [0.1, 0.15) is 0 Å². The van der Waals surface area contributed by atoms with Gasteiger partial charge in [0.25, 0.3) is 5.69 Å².